The Morgan fingerprint density at radius 3 is 2.61 bits per heavy atom. The van der Waals surface area contributed by atoms with Gasteiger partial charge in [0.15, 0.2) is 0 Å². The molecule has 0 radical (unpaired) electrons. The summed E-state index contributed by atoms with van der Waals surface area (Å²) in [5.74, 6) is 0.147. The molecule has 31 heavy (non-hydrogen) atoms. The molecule has 5 nitrogen and oxygen atoms in total. The lowest BCUT2D eigenvalue weighted by Gasteiger charge is -2.13. The highest BCUT2D eigenvalue weighted by Gasteiger charge is 2.21. The zero-order valence-electron chi connectivity index (χ0n) is 18.6. The third-order valence-corrected chi connectivity index (χ3v) is 5.71. The van der Waals surface area contributed by atoms with Gasteiger partial charge >= 0.3 is 0 Å². The Morgan fingerprint density at radius 2 is 1.87 bits per heavy atom. The maximum Gasteiger partial charge on any atom is 0.275 e. The summed E-state index contributed by atoms with van der Waals surface area (Å²) in [7, 11) is 1.89. The number of hydrogen-bond acceptors (Lipinski definition) is 2. The summed E-state index contributed by atoms with van der Waals surface area (Å²) < 4.78 is 3.59. The smallest absolute Gasteiger partial charge is 0.275 e. The van der Waals surface area contributed by atoms with Gasteiger partial charge in [-0.3, -0.25) is 9.59 Å². The zero-order chi connectivity index (χ0) is 22.1. The summed E-state index contributed by atoms with van der Waals surface area (Å²) in [6, 6.07) is 16.2. The first-order valence-electron chi connectivity index (χ1n) is 10.8. The van der Waals surface area contributed by atoms with Crippen LogP contribution in [0.25, 0.3) is 21.8 Å². The van der Waals surface area contributed by atoms with Gasteiger partial charge in [-0.15, -0.1) is 0 Å². The molecule has 0 spiro atoms. The van der Waals surface area contributed by atoms with Crippen LogP contribution >= 0.6 is 0 Å². The number of amides is 1. The summed E-state index contributed by atoms with van der Waals surface area (Å²) in [6.45, 7) is 7.31. The van der Waals surface area contributed by atoms with Crippen molar-refractivity contribution in [2.75, 3.05) is 6.54 Å². The standard InChI is InChI=1S/C26H29N3O2/c1-17(2)15-29-16-21(25(30)27-13-12-19-9-7-8-18(3)14-19)23-20-10-5-6-11-22(20)28(4)24(23)26(29)31/h5-11,14,16-17H,12-13,15H2,1-4H3,(H,27,30). The molecule has 4 aromatic rings. The maximum absolute atomic E-state index is 13.3. The molecule has 0 aliphatic carbocycles. The van der Waals surface area contributed by atoms with Crippen molar-refractivity contribution in [1.29, 1.82) is 0 Å². The molecular weight excluding hydrogens is 386 g/mol. The first kappa shape index (κ1) is 20.9. The Kier molecular flexibility index (Phi) is 5.68. The van der Waals surface area contributed by atoms with Crippen LogP contribution in [0, 0.1) is 12.8 Å². The van der Waals surface area contributed by atoms with Crippen molar-refractivity contribution in [2.45, 2.75) is 33.7 Å². The summed E-state index contributed by atoms with van der Waals surface area (Å²) >= 11 is 0. The highest BCUT2D eigenvalue weighted by atomic mass is 16.2. The number of hydrogen-bond donors (Lipinski definition) is 1. The molecule has 2 aromatic carbocycles. The molecule has 2 aromatic heterocycles. The monoisotopic (exact) mass is 415 g/mol. The van der Waals surface area contributed by atoms with E-state index in [0.29, 0.717) is 30.1 Å². The second-order valence-corrected chi connectivity index (χ2v) is 8.69. The fraction of sp³-hybridized carbons (Fsp3) is 0.308. The minimum absolute atomic E-state index is 0.0567. The minimum atomic E-state index is -0.147. The Labute approximate surface area is 182 Å². The Morgan fingerprint density at radius 1 is 1.10 bits per heavy atom. The number of aromatic nitrogens is 2. The van der Waals surface area contributed by atoms with Gasteiger partial charge in [0.1, 0.15) is 5.52 Å². The molecule has 0 saturated heterocycles. The van der Waals surface area contributed by atoms with Gasteiger partial charge in [-0.1, -0.05) is 61.9 Å². The number of benzene rings is 2. The molecule has 5 heteroatoms. The van der Waals surface area contributed by atoms with Crippen LogP contribution in [0.15, 0.2) is 59.5 Å². The van der Waals surface area contributed by atoms with Crippen LogP contribution in [0.4, 0.5) is 0 Å². The average molecular weight is 416 g/mol. The van der Waals surface area contributed by atoms with Gasteiger partial charge < -0.3 is 14.5 Å². The summed E-state index contributed by atoms with van der Waals surface area (Å²) in [5, 5.41) is 4.73. The van der Waals surface area contributed by atoms with E-state index in [1.54, 1.807) is 10.8 Å². The lowest BCUT2D eigenvalue weighted by Crippen LogP contribution is -2.30. The second-order valence-electron chi connectivity index (χ2n) is 8.69. The van der Waals surface area contributed by atoms with Crippen molar-refractivity contribution >= 4 is 27.7 Å². The van der Waals surface area contributed by atoms with Gasteiger partial charge in [0.25, 0.3) is 11.5 Å². The fourth-order valence-corrected chi connectivity index (χ4v) is 4.32. The third kappa shape index (κ3) is 4.00. The molecule has 1 amide bonds. The molecule has 0 unspecified atom stereocenters. The maximum atomic E-state index is 13.3. The number of pyridine rings is 1. The topological polar surface area (TPSA) is 56.0 Å². The Balaban J connectivity index is 1.76. The Hall–Kier alpha value is -3.34. The number of aryl methyl sites for hydroxylation is 2. The predicted octanol–water partition coefficient (Wildman–Crippen LogP) is 4.43. The number of nitrogens with one attached hydrogen (secondary N) is 1. The molecule has 0 aliphatic heterocycles. The first-order chi connectivity index (χ1) is 14.9. The van der Waals surface area contributed by atoms with Gasteiger partial charge in [-0.2, -0.15) is 0 Å². The molecule has 4 rings (SSSR count). The molecule has 0 aliphatic rings. The molecule has 0 atom stereocenters. The number of carbonyl (C=O) groups excluding carboxylic acids is 1. The van der Waals surface area contributed by atoms with Crippen LogP contribution in [0.1, 0.15) is 35.3 Å². The van der Waals surface area contributed by atoms with E-state index in [4.69, 9.17) is 0 Å². The van der Waals surface area contributed by atoms with Crippen LogP contribution in [0.2, 0.25) is 0 Å². The van der Waals surface area contributed by atoms with Crippen molar-refractivity contribution in [2.24, 2.45) is 13.0 Å². The molecule has 0 bridgehead atoms. The number of para-hydroxylation sites is 1. The SMILES string of the molecule is Cc1cccc(CCNC(=O)c2cn(CC(C)C)c(=O)c3c2c2ccccc2n3C)c1. The van der Waals surface area contributed by atoms with Crippen LogP contribution < -0.4 is 10.9 Å². The van der Waals surface area contributed by atoms with Gasteiger partial charge in [0, 0.05) is 42.6 Å². The van der Waals surface area contributed by atoms with Crippen molar-refractivity contribution in [1.82, 2.24) is 14.5 Å². The van der Waals surface area contributed by atoms with Crippen molar-refractivity contribution < 1.29 is 4.79 Å². The normalized spacial score (nSPS) is 11.5. The van der Waals surface area contributed by atoms with E-state index in [2.05, 4.69) is 44.3 Å². The largest absolute Gasteiger partial charge is 0.352 e. The van der Waals surface area contributed by atoms with E-state index >= 15 is 0 Å². The molecule has 1 N–H and O–H groups in total. The van der Waals surface area contributed by atoms with Crippen molar-refractivity contribution in [3.05, 3.63) is 81.8 Å². The van der Waals surface area contributed by atoms with E-state index in [-0.39, 0.29) is 11.5 Å². The van der Waals surface area contributed by atoms with Crippen LogP contribution in [-0.2, 0) is 20.0 Å². The number of fused-ring (bicyclic) bond motifs is 3. The first-order valence-corrected chi connectivity index (χ1v) is 10.8. The van der Waals surface area contributed by atoms with E-state index < -0.39 is 0 Å². The summed E-state index contributed by atoms with van der Waals surface area (Å²) in [5.41, 5.74) is 4.43. The highest BCUT2D eigenvalue weighted by molar-refractivity contribution is 6.17. The lowest BCUT2D eigenvalue weighted by molar-refractivity contribution is 0.0955. The lowest BCUT2D eigenvalue weighted by atomic mass is 10.1. The van der Waals surface area contributed by atoms with E-state index in [0.717, 1.165) is 22.7 Å². The minimum Gasteiger partial charge on any atom is -0.352 e. The third-order valence-electron chi connectivity index (χ3n) is 5.71. The second kappa shape index (κ2) is 8.42. The molecular formula is C26H29N3O2. The molecule has 0 saturated carbocycles. The van der Waals surface area contributed by atoms with Crippen LogP contribution in [0.5, 0.6) is 0 Å². The average Bonchev–Trinajstić information content (AvgIpc) is 3.03. The highest BCUT2D eigenvalue weighted by Crippen LogP contribution is 2.29. The van der Waals surface area contributed by atoms with E-state index in [9.17, 15) is 9.59 Å². The number of carbonyl (C=O) groups is 1. The van der Waals surface area contributed by atoms with Crippen molar-refractivity contribution in [3.63, 3.8) is 0 Å². The van der Waals surface area contributed by atoms with E-state index in [1.165, 1.54) is 11.1 Å². The van der Waals surface area contributed by atoms with E-state index in [1.807, 2.05) is 41.9 Å². The fourth-order valence-electron chi connectivity index (χ4n) is 4.32. The van der Waals surface area contributed by atoms with Gasteiger partial charge in [0.05, 0.1) is 5.56 Å². The quantitative estimate of drug-likeness (QED) is 0.506. The van der Waals surface area contributed by atoms with Crippen LogP contribution in [0.3, 0.4) is 0 Å². The molecule has 160 valence electrons. The molecule has 0 fully saturated rings. The number of rotatable bonds is 6. The predicted molar refractivity (Wildman–Crippen MR) is 127 cm³/mol. The summed E-state index contributed by atoms with van der Waals surface area (Å²) in [6.07, 6.45) is 2.50. The summed E-state index contributed by atoms with van der Waals surface area (Å²) in [4.78, 5) is 26.6. The van der Waals surface area contributed by atoms with Crippen LogP contribution in [-0.4, -0.2) is 21.6 Å². The molecule has 2 heterocycles. The van der Waals surface area contributed by atoms with Crippen molar-refractivity contribution in [3.8, 4) is 0 Å². The van der Waals surface area contributed by atoms with Gasteiger partial charge in [-0.05, 0) is 30.9 Å². The van der Waals surface area contributed by atoms with Gasteiger partial charge in [-0.25, -0.2) is 0 Å². The Bertz CT molecular complexity index is 1330. The van der Waals surface area contributed by atoms with Gasteiger partial charge in [0.2, 0.25) is 0 Å². The number of nitrogens with zero attached hydrogens (tertiary/aromatic N) is 2. The zero-order valence-corrected chi connectivity index (χ0v) is 18.6.